The first-order valence-electron chi connectivity index (χ1n) is 9.92. The zero-order chi connectivity index (χ0) is 22.8. The summed E-state index contributed by atoms with van der Waals surface area (Å²) in [7, 11) is 0. The van der Waals surface area contributed by atoms with Crippen molar-refractivity contribution in [1.82, 2.24) is 24.4 Å². The van der Waals surface area contributed by atoms with E-state index in [1.54, 1.807) is 77.9 Å². The molecule has 0 saturated heterocycles. The van der Waals surface area contributed by atoms with Gasteiger partial charge in [0.2, 0.25) is 11.8 Å². The van der Waals surface area contributed by atoms with Gasteiger partial charge in [0.05, 0.1) is 11.1 Å². The number of imide groups is 1. The van der Waals surface area contributed by atoms with Gasteiger partial charge in [-0.15, -0.1) is 0 Å². The van der Waals surface area contributed by atoms with Crippen LogP contribution in [0.15, 0.2) is 79.6 Å². The lowest BCUT2D eigenvalue weighted by molar-refractivity contribution is -0.116. The molecule has 0 spiro atoms. The normalized spacial score (nSPS) is 12.5. The number of aromatic nitrogens is 4. The van der Waals surface area contributed by atoms with Crippen molar-refractivity contribution in [2.24, 2.45) is 0 Å². The van der Waals surface area contributed by atoms with E-state index in [9.17, 15) is 14.4 Å². The van der Waals surface area contributed by atoms with E-state index in [1.807, 2.05) is 0 Å². The molecule has 1 aliphatic rings. The Labute approximate surface area is 187 Å². The lowest BCUT2D eigenvalue weighted by atomic mass is 10.1. The number of hydrogen-bond acceptors (Lipinski definition) is 7. The van der Waals surface area contributed by atoms with Gasteiger partial charge in [-0.25, -0.2) is 15.0 Å². The fourth-order valence-corrected chi connectivity index (χ4v) is 3.38. The van der Waals surface area contributed by atoms with Crippen LogP contribution in [0.5, 0.6) is 11.6 Å². The molecule has 0 unspecified atom stereocenters. The summed E-state index contributed by atoms with van der Waals surface area (Å²) in [5.41, 5.74) is 1.10. The van der Waals surface area contributed by atoms with Crippen LogP contribution in [0.3, 0.4) is 0 Å². The maximum atomic E-state index is 12.4. The molecule has 0 saturated carbocycles. The van der Waals surface area contributed by atoms with Crippen LogP contribution in [0.4, 0.5) is 5.69 Å². The predicted molar refractivity (Wildman–Crippen MR) is 116 cm³/mol. The summed E-state index contributed by atoms with van der Waals surface area (Å²) in [5.74, 6) is 0.0112. The number of nitrogens with one attached hydrogen (secondary N) is 1. The third kappa shape index (κ3) is 4.04. The van der Waals surface area contributed by atoms with Gasteiger partial charge >= 0.3 is 0 Å². The topological polar surface area (TPSA) is 119 Å². The lowest BCUT2D eigenvalue weighted by Gasteiger charge is -2.14. The van der Waals surface area contributed by atoms with Crippen LogP contribution in [0.25, 0.3) is 5.82 Å². The summed E-state index contributed by atoms with van der Waals surface area (Å²) in [5, 5.41) is 2.68. The molecule has 10 nitrogen and oxygen atoms in total. The van der Waals surface area contributed by atoms with Crippen molar-refractivity contribution in [2.45, 2.75) is 0 Å². The van der Waals surface area contributed by atoms with Crippen molar-refractivity contribution in [3.05, 3.63) is 90.8 Å². The van der Waals surface area contributed by atoms with Gasteiger partial charge in [-0.3, -0.25) is 23.9 Å². The molecule has 162 valence electrons. The molecule has 2 aromatic heterocycles. The Morgan fingerprint density at radius 3 is 2.36 bits per heavy atom. The number of anilines is 1. The van der Waals surface area contributed by atoms with Crippen molar-refractivity contribution in [3.8, 4) is 17.4 Å². The van der Waals surface area contributed by atoms with Gasteiger partial charge in [0.15, 0.2) is 0 Å². The maximum absolute atomic E-state index is 12.4. The van der Waals surface area contributed by atoms with Gasteiger partial charge in [-0.1, -0.05) is 12.1 Å². The van der Waals surface area contributed by atoms with Crippen LogP contribution in [-0.4, -0.2) is 48.7 Å². The molecule has 0 aliphatic carbocycles. The average Bonchev–Trinajstić information content (AvgIpc) is 3.45. The quantitative estimate of drug-likeness (QED) is 0.458. The van der Waals surface area contributed by atoms with E-state index in [1.165, 1.54) is 6.33 Å². The van der Waals surface area contributed by atoms with Gasteiger partial charge < -0.3 is 10.1 Å². The molecule has 0 atom stereocenters. The largest absolute Gasteiger partial charge is 0.439 e. The summed E-state index contributed by atoms with van der Waals surface area (Å²) in [6.07, 6.45) is 6.40. The van der Waals surface area contributed by atoms with Crippen LogP contribution in [-0.2, 0) is 4.79 Å². The molecule has 10 heteroatoms. The number of rotatable bonds is 6. The zero-order valence-corrected chi connectivity index (χ0v) is 17.1. The second-order valence-corrected chi connectivity index (χ2v) is 7.10. The van der Waals surface area contributed by atoms with Crippen molar-refractivity contribution < 1.29 is 19.1 Å². The molecule has 3 amide bonds. The summed E-state index contributed by atoms with van der Waals surface area (Å²) in [6.45, 7) is -0.372. The van der Waals surface area contributed by atoms with Crippen molar-refractivity contribution in [3.63, 3.8) is 0 Å². The lowest BCUT2D eigenvalue weighted by Crippen LogP contribution is -2.37. The number of imidazole rings is 1. The first-order chi connectivity index (χ1) is 16.1. The highest BCUT2D eigenvalue weighted by atomic mass is 16.5. The van der Waals surface area contributed by atoms with E-state index < -0.39 is 17.7 Å². The first-order valence-corrected chi connectivity index (χ1v) is 9.92. The van der Waals surface area contributed by atoms with E-state index >= 15 is 0 Å². The summed E-state index contributed by atoms with van der Waals surface area (Å²) < 4.78 is 7.48. The third-order valence-corrected chi connectivity index (χ3v) is 4.94. The van der Waals surface area contributed by atoms with Gasteiger partial charge in [-0.2, -0.15) is 0 Å². The van der Waals surface area contributed by atoms with Crippen LogP contribution >= 0.6 is 0 Å². The standard InChI is InChI=1S/C23H16N6O4/c30-20(12-29-22(31)17-3-1-2-4-18(17)23(29)32)27-15-5-7-16(8-6-15)33-21-11-19(25-13-26-21)28-10-9-24-14-28/h1-11,13-14H,12H2,(H,27,30). The number of fused-ring (bicyclic) bond motifs is 1. The van der Waals surface area contributed by atoms with Crippen LogP contribution < -0.4 is 10.1 Å². The monoisotopic (exact) mass is 440 g/mol. The Morgan fingerprint density at radius 2 is 1.70 bits per heavy atom. The van der Waals surface area contributed by atoms with Gasteiger partial charge in [0.25, 0.3) is 11.8 Å². The van der Waals surface area contributed by atoms with E-state index in [4.69, 9.17) is 4.74 Å². The minimum absolute atomic E-state index is 0.303. The average molecular weight is 440 g/mol. The van der Waals surface area contributed by atoms with E-state index in [2.05, 4.69) is 20.3 Å². The summed E-state index contributed by atoms with van der Waals surface area (Å²) in [6, 6.07) is 14.8. The molecule has 33 heavy (non-hydrogen) atoms. The van der Waals surface area contributed by atoms with E-state index in [0.29, 0.717) is 34.3 Å². The maximum Gasteiger partial charge on any atom is 0.262 e. The first kappa shape index (κ1) is 20.1. The molecule has 1 N–H and O–H groups in total. The Morgan fingerprint density at radius 1 is 0.970 bits per heavy atom. The smallest absolute Gasteiger partial charge is 0.262 e. The number of nitrogens with zero attached hydrogens (tertiary/aromatic N) is 5. The second kappa shape index (κ2) is 8.35. The summed E-state index contributed by atoms with van der Waals surface area (Å²) in [4.78, 5) is 50.4. The van der Waals surface area contributed by atoms with Crippen LogP contribution in [0.1, 0.15) is 20.7 Å². The van der Waals surface area contributed by atoms with E-state index in [-0.39, 0.29) is 6.54 Å². The van der Waals surface area contributed by atoms with Gasteiger partial charge in [0, 0.05) is 24.1 Å². The Balaban J connectivity index is 1.21. The Hall–Kier alpha value is -4.86. The predicted octanol–water partition coefficient (Wildman–Crippen LogP) is 2.69. The molecular formula is C23H16N6O4. The molecular weight excluding hydrogens is 424 g/mol. The minimum Gasteiger partial charge on any atom is -0.439 e. The van der Waals surface area contributed by atoms with Crippen LogP contribution in [0, 0.1) is 0 Å². The summed E-state index contributed by atoms with van der Waals surface area (Å²) >= 11 is 0. The number of amides is 3. The second-order valence-electron chi connectivity index (χ2n) is 7.10. The molecule has 3 heterocycles. The molecule has 5 rings (SSSR count). The van der Waals surface area contributed by atoms with Gasteiger partial charge in [0.1, 0.15) is 30.8 Å². The van der Waals surface area contributed by atoms with Crippen LogP contribution in [0.2, 0.25) is 0 Å². The molecule has 1 aliphatic heterocycles. The number of carbonyl (C=O) groups is 3. The minimum atomic E-state index is -0.487. The van der Waals surface area contributed by atoms with Crippen molar-refractivity contribution in [2.75, 3.05) is 11.9 Å². The highest BCUT2D eigenvalue weighted by Crippen LogP contribution is 2.24. The van der Waals surface area contributed by atoms with Crippen molar-refractivity contribution in [1.29, 1.82) is 0 Å². The molecule has 2 aromatic carbocycles. The number of benzene rings is 2. The number of ether oxygens (including phenoxy) is 1. The molecule has 0 radical (unpaired) electrons. The van der Waals surface area contributed by atoms with Gasteiger partial charge in [-0.05, 0) is 36.4 Å². The SMILES string of the molecule is O=C(CN1C(=O)c2ccccc2C1=O)Nc1ccc(Oc2cc(-n3ccnc3)ncn2)cc1. The Bertz CT molecular complexity index is 1320. The zero-order valence-electron chi connectivity index (χ0n) is 17.1. The fraction of sp³-hybridized carbons (Fsp3) is 0.0435. The fourth-order valence-electron chi connectivity index (χ4n) is 3.38. The third-order valence-electron chi connectivity index (χ3n) is 4.94. The Kier molecular flexibility index (Phi) is 5.07. The van der Waals surface area contributed by atoms with E-state index in [0.717, 1.165) is 4.90 Å². The van der Waals surface area contributed by atoms with Crippen molar-refractivity contribution >= 4 is 23.4 Å². The molecule has 4 aromatic rings. The highest BCUT2D eigenvalue weighted by Gasteiger charge is 2.36. The highest BCUT2D eigenvalue weighted by molar-refractivity contribution is 6.22. The molecule has 0 fully saturated rings. The molecule has 0 bridgehead atoms. The number of hydrogen-bond donors (Lipinski definition) is 1. The number of carbonyl (C=O) groups excluding carboxylic acids is 3.